The molecule has 12 heteroatoms. The normalized spacial score (nSPS) is 18.9. The molecule has 0 bridgehead atoms. The van der Waals surface area contributed by atoms with Crippen molar-refractivity contribution >= 4 is 27.2 Å². The summed E-state index contributed by atoms with van der Waals surface area (Å²) in [5, 5.41) is -0.201. The van der Waals surface area contributed by atoms with Crippen molar-refractivity contribution in [2.24, 2.45) is 0 Å². The summed E-state index contributed by atoms with van der Waals surface area (Å²) in [6.45, 7) is 2.94. The van der Waals surface area contributed by atoms with Gasteiger partial charge in [0.2, 0.25) is 0 Å². The van der Waals surface area contributed by atoms with Crippen LogP contribution in [-0.2, 0) is 24.5 Å². The number of rotatable bonds is 8. The second kappa shape index (κ2) is 10.4. The lowest BCUT2D eigenvalue weighted by Gasteiger charge is -2.22. The molecule has 1 aromatic heterocycles. The number of ether oxygens (including phenoxy) is 1. The molecule has 0 atom stereocenters. The Morgan fingerprint density at radius 2 is 1.63 bits per heavy atom. The van der Waals surface area contributed by atoms with Crippen molar-refractivity contribution in [3.63, 3.8) is 0 Å². The number of aryl methyl sites for hydroxylation is 1. The van der Waals surface area contributed by atoms with Crippen molar-refractivity contribution in [3.8, 4) is 16.3 Å². The molecule has 186 valence electrons. The number of halogens is 1. The minimum absolute atomic E-state index is 0.0563. The zero-order valence-corrected chi connectivity index (χ0v) is 21.6. The van der Waals surface area contributed by atoms with E-state index in [1.165, 1.54) is 12.1 Å². The molecule has 3 heterocycles. The third-order valence-corrected chi connectivity index (χ3v) is 12.5. The summed E-state index contributed by atoms with van der Waals surface area (Å²) < 4.78 is 42.6. The van der Waals surface area contributed by atoms with Crippen LogP contribution in [0.1, 0.15) is 21.5 Å². The van der Waals surface area contributed by atoms with E-state index in [-0.39, 0.29) is 44.3 Å². The number of nitrogens with zero attached hydrogens (tertiary/aromatic N) is 1. The molecule has 0 aliphatic carbocycles. The summed E-state index contributed by atoms with van der Waals surface area (Å²) in [6, 6.07) is 14.2. The van der Waals surface area contributed by atoms with Gasteiger partial charge in [0.05, 0.1) is 17.9 Å². The highest BCUT2D eigenvalue weighted by Gasteiger charge is 2.74. The van der Waals surface area contributed by atoms with Crippen molar-refractivity contribution in [2.45, 2.75) is 18.7 Å². The van der Waals surface area contributed by atoms with Crippen molar-refractivity contribution in [1.82, 2.24) is 4.98 Å². The number of thiazole rings is 1. The topological polar surface area (TPSA) is 99.5 Å². The van der Waals surface area contributed by atoms with E-state index < -0.39 is 27.1 Å². The highest BCUT2D eigenvalue weighted by molar-refractivity contribution is 7.78. The second-order valence-corrected chi connectivity index (χ2v) is 13.9. The summed E-state index contributed by atoms with van der Waals surface area (Å²) in [5.41, 5.74) is 2.24. The maximum Gasteiger partial charge on any atom is 0.465 e. The lowest BCUT2D eigenvalue weighted by molar-refractivity contribution is 0.275. The van der Waals surface area contributed by atoms with Crippen LogP contribution in [0.3, 0.4) is 0 Å². The number of hydrogen-bond donors (Lipinski definition) is 2. The lowest BCUT2D eigenvalue weighted by atomic mass is 10.2. The molecule has 0 amide bonds. The minimum Gasteiger partial charge on any atom is -0.490 e. The molecule has 2 aliphatic heterocycles. The van der Waals surface area contributed by atoms with Crippen LogP contribution in [0.15, 0.2) is 48.5 Å². The fraction of sp³-hybridized carbons (Fsp3) is 0.348. The molecule has 2 fully saturated rings. The van der Waals surface area contributed by atoms with Crippen LogP contribution >= 0.6 is 27.2 Å². The molecule has 35 heavy (non-hydrogen) atoms. The van der Waals surface area contributed by atoms with Crippen LogP contribution in [0.5, 0.6) is 5.75 Å². The van der Waals surface area contributed by atoms with Gasteiger partial charge in [0.1, 0.15) is 31.4 Å². The van der Waals surface area contributed by atoms with E-state index in [4.69, 9.17) is 27.8 Å². The predicted molar refractivity (Wildman–Crippen MR) is 133 cm³/mol. The summed E-state index contributed by atoms with van der Waals surface area (Å²) in [5.74, 6) is -0.579. The molecule has 0 saturated carbocycles. The third kappa shape index (κ3) is 5.27. The Kier molecular flexibility index (Phi) is 7.47. The monoisotopic (exact) mass is 541 g/mol. The van der Waals surface area contributed by atoms with Gasteiger partial charge in [-0.1, -0.05) is 30.3 Å². The van der Waals surface area contributed by atoms with Crippen LogP contribution < -0.4 is 4.74 Å². The third-order valence-electron chi connectivity index (χ3n) is 5.65. The van der Waals surface area contributed by atoms with Gasteiger partial charge in [-0.05, 0) is 25.1 Å². The zero-order chi connectivity index (χ0) is 24.5. The quantitative estimate of drug-likeness (QED) is 0.362. The lowest BCUT2D eigenvalue weighted by Crippen LogP contribution is -2.13. The van der Waals surface area contributed by atoms with Gasteiger partial charge in [0.15, 0.2) is 11.6 Å². The first-order chi connectivity index (χ1) is 16.9. The van der Waals surface area contributed by atoms with Crippen LogP contribution in [-0.4, -0.2) is 47.8 Å². The number of benzene rings is 2. The Morgan fingerprint density at radius 3 is 2.23 bits per heavy atom. The van der Waals surface area contributed by atoms with Crippen molar-refractivity contribution in [2.75, 3.05) is 33.0 Å². The molecule has 0 unspecified atom stereocenters. The van der Waals surface area contributed by atoms with Gasteiger partial charge in [0.25, 0.3) is 0 Å². The number of aromatic nitrogens is 1. The smallest absolute Gasteiger partial charge is 0.465 e. The van der Waals surface area contributed by atoms with Gasteiger partial charge in [-0.3, -0.25) is 0 Å². The van der Waals surface area contributed by atoms with E-state index in [2.05, 4.69) is 0 Å². The van der Waals surface area contributed by atoms with Gasteiger partial charge >= 0.3 is 21.3 Å². The molecule has 2 saturated heterocycles. The average molecular weight is 541 g/mol. The van der Waals surface area contributed by atoms with E-state index in [1.807, 2.05) is 37.3 Å². The molecular weight excluding hydrogens is 515 g/mol. The Balaban J connectivity index is 1.29. The van der Waals surface area contributed by atoms with Gasteiger partial charge < -0.3 is 4.74 Å². The van der Waals surface area contributed by atoms with Gasteiger partial charge in [-0.2, -0.15) is 27.9 Å². The standard InChI is InChI=1S/C23H26FNO7P2S/c1-16-20(25-22(35-16)17-5-3-2-4-6-17)9-10-28-21-8-7-18(15-19(21)24)23(33(26)29-11-12-30-33)34(27)31-13-14-32-34/h2-8,15,23,26-27H,9-14H2,1H3/q+2. The SMILES string of the molecule is Cc1sc(-c2ccccc2)nc1CCOc1ccc(C([P+]2(O)OCCO2)[P+]2(O)OCCO2)cc1F. The average Bonchev–Trinajstić information content (AvgIpc) is 3.57. The first-order valence-electron chi connectivity index (χ1n) is 11.1. The second-order valence-electron chi connectivity index (χ2n) is 8.01. The Hall–Kier alpha value is -1.58. The summed E-state index contributed by atoms with van der Waals surface area (Å²) in [4.78, 5) is 27.8. The van der Waals surface area contributed by atoms with Crippen molar-refractivity contribution in [1.29, 1.82) is 0 Å². The Bertz CT molecular complexity index is 1150. The summed E-state index contributed by atoms with van der Waals surface area (Å²) in [6.07, 6.45) is 0.527. The molecule has 0 spiro atoms. The first-order valence-corrected chi connectivity index (χ1v) is 15.2. The van der Waals surface area contributed by atoms with Gasteiger partial charge in [0, 0.05) is 16.9 Å². The Labute approximate surface area is 207 Å². The molecular formula is C23H26FNO7P2S+2. The van der Waals surface area contributed by atoms with Crippen LogP contribution in [0, 0.1) is 12.7 Å². The first kappa shape index (κ1) is 25.1. The molecule has 2 aromatic carbocycles. The molecule has 3 aromatic rings. The fourth-order valence-corrected chi connectivity index (χ4v) is 10.4. The summed E-state index contributed by atoms with van der Waals surface area (Å²) >= 11 is 1.62. The summed E-state index contributed by atoms with van der Waals surface area (Å²) in [7, 11) is -7.11. The van der Waals surface area contributed by atoms with Crippen LogP contribution in [0.2, 0.25) is 0 Å². The minimum atomic E-state index is -3.56. The van der Waals surface area contributed by atoms with Gasteiger partial charge in [-0.15, -0.1) is 11.3 Å². The van der Waals surface area contributed by atoms with E-state index in [0.29, 0.717) is 6.42 Å². The molecule has 2 N–H and O–H groups in total. The van der Waals surface area contributed by atoms with Crippen LogP contribution in [0.25, 0.3) is 10.6 Å². The molecule has 0 radical (unpaired) electrons. The maximum atomic E-state index is 15.0. The van der Waals surface area contributed by atoms with Crippen LogP contribution in [0.4, 0.5) is 4.39 Å². The molecule has 5 rings (SSSR count). The van der Waals surface area contributed by atoms with Gasteiger partial charge in [-0.25, -0.2) is 9.37 Å². The van der Waals surface area contributed by atoms with E-state index in [0.717, 1.165) is 21.1 Å². The van der Waals surface area contributed by atoms with E-state index in [1.54, 1.807) is 17.4 Å². The highest BCUT2D eigenvalue weighted by atomic mass is 32.1. The van der Waals surface area contributed by atoms with Crippen molar-refractivity contribution < 1.29 is 37.0 Å². The maximum absolute atomic E-state index is 15.0. The number of hydrogen-bond acceptors (Lipinski definition) is 9. The predicted octanol–water partition coefficient (Wildman–Crippen LogP) is 5.48. The molecule has 8 nitrogen and oxygen atoms in total. The van der Waals surface area contributed by atoms with Crippen molar-refractivity contribution in [3.05, 3.63) is 70.5 Å². The highest BCUT2D eigenvalue weighted by Crippen LogP contribution is 2.88. The zero-order valence-electron chi connectivity index (χ0n) is 19.0. The molecule has 2 aliphatic rings. The van der Waals surface area contributed by atoms with E-state index >= 15 is 4.39 Å². The Morgan fingerprint density at radius 1 is 1.00 bits per heavy atom. The fourth-order valence-electron chi connectivity index (χ4n) is 4.01. The van der Waals surface area contributed by atoms with E-state index in [9.17, 15) is 9.79 Å². The largest absolute Gasteiger partial charge is 0.490 e.